The lowest BCUT2D eigenvalue weighted by Crippen LogP contribution is -2.29. The number of carbonyl (C=O) groups is 1. The molecule has 0 saturated heterocycles. The van der Waals surface area contributed by atoms with Crippen LogP contribution in [0, 0.1) is 12.8 Å². The highest BCUT2D eigenvalue weighted by Crippen LogP contribution is 2.20. The van der Waals surface area contributed by atoms with E-state index >= 15 is 0 Å². The summed E-state index contributed by atoms with van der Waals surface area (Å²) in [4.78, 5) is 16.5. The first-order valence-corrected chi connectivity index (χ1v) is 6.87. The molecule has 0 aliphatic heterocycles. The van der Waals surface area contributed by atoms with E-state index in [2.05, 4.69) is 15.4 Å². The first kappa shape index (κ1) is 14.5. The maximum Gasteiger partial charge on any atom is 0.228 e. The summed E-state index contributed by atoms with van der Waals surface area (Å²) in [6, 6.07) is 1.90. The number of anilines is 1. The molecule has 0 aliphatic carbocycles. The third kappa shape index (κ3) is 2.80. The Balaban J connectivity index is 2.21. The van der Waals surface area contributed by atoms with Crippen molar-refractivity contribution in [3.63, 3.8) is 0 Å². The number of pyridine rings is 1. The fourth-order valence-electron chi connectivity index (χ4n) is 2.33. The van der Waals surface area contributed by atoms with Crippen LogP contribution in [0.4, 0.5) is 5.69 Å². The van der Waals surface area contributed by atoms with Crippen LogP contribution >= 0.6 is 0 Å². The van der Waals surface area contributed by atoms with Gasteiger partial charge >= 0.3 is 0 Å². The van der Waals surface area contributed by atoms with Crippen molar-refractivity contribution in [3.8, 4) is 0 Å². The van der Waals surface area contributed by atoms with Gasteiger partial charge in [-0.25, -0.2) is 4.98 Å². The average Bonchev–Trinajstić information content (AvgIpc) is 2.71. The van der Waals surface area contributed by atoms with Gasteiger partial charge in [-0.05, 0) is 19.4 Å². The number of nitrogens with one attached hydrogen (secondary N) is 1. The van der Waals surface area contributed by atoms with Gasteiger partial charge in [0.25, 0.3) is 0 Å². The van der Waals surface area contributed by atoms with E-state index in [0.717, 1.165) is 29.6 Å². The van der Waals surface area contributed by atoms with Gasteiger partial charge in [0.1, 0.15) is 0 Å². The van der Waals surface area contributed by atoms with Gasteiger partial charge in [0.2, 0.25) is 5.91 Å². The molecule has 2 aromatic heterocycles. The highest BCUT2D eigenvalue weighted by molar-refractivity contribution is 5.94. The molecule has 2 aromatic rings. The van der Waals surface area contributed by atoms with Gasteiger partial charge in [-0.3, -0.25) is 9.48 Å². The molecule has 3 N–H and O–H groups in total. The molecule has 6 heteroatoms. The molecule has 0 fully saturated rings. The molecule has 0 bridgehead atoms. The van der Waals surface area contributed by atoms with Crippen LogP contribution in [0.1, 0.15) is 25.5 Å². The van der Waals surface area contributed by atoms with E-state index in [1.807, 2.05) is 27.0 Å². The topological polar surface area (TPSA) is 85.8 Å². The second kappa shape index (κ2) is 6.00. The number of hydrogen-bond acceptors (Lipinski definition) is 4. The molecule has 0 radical (unpaired) electrons. The fraction of sp³-hybridized carbons (Fsp3) is 0.500. The maximum absolute atomic E-state index is 12.1. The normalized spacial score (nSPS) is 12.6. The van der Waals surface area contributed by atoms with Crippen LogP contribution in [0.3, 0.4) is 0 Å². The Morgan fingerprint density at radius 2 is 2.30 bits per heavy atom. The molecule has 20 heavy (non-hydrogen) atoms. The van der Waals surface area contributed by atoms with E-state index in [4.69, 9.17) is 5.73 Å². The summed E-state index contributed by atoms with van der Waals surface area (Å²) in [5, 5.41) is 8.15. The van der Waals surface area contributed by atoms with Crippen molar-refractivity contribution in [1.82, 2.24) is 14.8 Å². The quantitative estimate of drug-likeness (QED) is 0.867. The largest absolute Gasteiger partial charge is 0.330 e. The molecule has 1 amide bonds. The number of hydrogen-bond donors (Lipinski definition) is 2. The zero-order chi connectivity index (χ0) is 14.7. The minimum atomic E-state index is -0.148. The summed E-state index contributed by atoms with van der Waals surface area (Å²) >= 11 is 0. The van der Waals surface area contributed by atoms with Gasteiger partial charge in [-0.15, -0.1) is 0 Å². The second-order valence-corrected chi connectivity index (χ2v) is 5.01. The summed E-state index contributed by atoms with van der Waals surface area (Å²) in [5.41, 5.74) is 8.04. The van der Waals surface area contributed by atoms with Crippen molar-refractivity contribution in [2.75, 3.05) is 11.9 Å². The Labute approximate surface area is 118 Å². The number of nitrogens with two attached hydrogens (primary N) is 1. The molecular formula is C14H21N5O. The number of aromatic nitrogens is 3. The first-order valence-electron chi connectivity index (χ1n) is 6.87. The minimum Gasteiger partial charge on any atom is -0.330 e. The summed E-state index contributed by atoms with van der Waals surface area (Å²) in [6.07, 6.45) is 3.39. The van der Waals surface area contributed by atoms with Crippen molar-refractivity contribution < 1.29 is 4.79 Å². The minimum absolute atomic E-state index is 0.0444. The van der Waals surface area contributed by atoms with Crippen molar-refractivity contribution in [2.45, 2.75) is 26.7 Å². The smallest absolute Gasteiger partial charge is 0.228 e. The van der Waals surface area contributed by atoms with Gasteiger partial charge in [0.05, 0.1) is 23.5 Å². The molecule has 6 nitrogen and oxygen atoms in total. The maximum atomic E-state index is 12.1. The van der Waals surface area contributed by atoms with Gasteiger partial charge in [-0.2, -0.15) is 5.10 Å². The van der Waals surface area contributed by atoms with Crippen LogP contribution < -0.4 is 11.1 Å². The van der Waals surface area contributed by atoms with E-state index < -0.39 is 0 Å². The van der Waals surface area contributed by atoms with E-state index in [1.165, 1.54) is 0 Å². The summed E-state index contributed by atoms with van der Waals surface area (Å²) in [5.74, 6) is -0.192. The van der Waals surface area contributed by atoms with Crippen LogP contribution in [-0.4, -0.2) is 27.2 Å². The lowest BCUT2D eigenvalue weighted by molar-refractivity contribution is -0.119. The van der Waals surface area contributed by atoms with E-state index in [0.29, 0.717) is 12.2 Å². The Bertz CT molecular complexity index is 619. The monoisotopic (exact) mass is 275 g/mol. The molecule has 0 spiro atoms. The summed E-state index contributed by atoms with van der Waals surface area (Å²) in [6.45, 7) is 4.33. The second-order valence-electron chi connectivity index (χ2n) is 5.01. The Morgan fingerprint density at radius 3 is 2.95 bits per heavy atom. The van der Waals surface area contributed by atoms with Gasteiger partial charge in [-0.1, -0.05) is 13.3 Å². The van der Waals surface area contributed by atoms with Crippen molar-refractivity contribution in [3.05, 3.63) is 18.0 Å². The molecule has 2 rings (SSSR count). The van der Waals surface area contributed by atoms with Crippen LogP contribution in [-0.2, 0) is 11.8 Å². The van der Waals surface area contributed by atoms with Gasteiger partial charge in [0.15, 0.2) is 5.65 Å². The zero-order valence-electron chi connectivity index (χ0n) is 12.2. The molecular weight excluding hydrogens is 254 g/mol. The number of aryl methyl sites for hydroxylation is 2. The SMILES string of the molecule is CCCC(CN)C(=O)Nc1cnc2c(c1)c(C)nn2C. The molecule has 0 aliphatic rings. The van der Waals surface area contributed by atoms with Gasteiger partial charge < -0.3 is 11.1 Å². The lowest BCUT2D eigenvalue weighted by atomic mass is 10.0. The fourth-order valence-corrected chi connectivity index (χ4v) is 2.33. The standard InChI is InChI=1S/C14H21N5O/c1-4-5-10(7-15)14(20)17-11-6-12-9(2)18-19(3)13(12)16-8-11/h6,8,10H,4-5,7,15H2,1-3H3,(H,17,20). The molecule has 0 saturated carbocycles. The van der Waals surface area contributed by atoms with E-state index in [-0.39, 0.29) is 11.8 Å². The van der Waals surface area contributed by atoms with Crippen LogP contribution in [0.15, 0.2) is 12.3 Å². The zero-order valence-corrected chi connectivity index (χ0v) is 12.2. The third-order valence-corrected chi connectivity index (χ3v) is 3.42. The number of nitrogens with zero attached hydrogens (tertiary/aromatic N) is 3. The van der Waals surface area contributed by atoms with Crippen LogP contribution in [0.5, 0.6) is 0 Å². The Hall–Kier alpha value is -1.95. The van der Waals surface area contributed by atoms with Crippen molar-refractivity contribution in [1.29, 1.82) is 0 Å². The Morgan fingerprint density at radius 1 is 1.55 bits per heavy atom. The molecule has 2 heterocycles. The molecule has 1 atom stereocenters. The summed E-state index contributed by atoms with van der Waals surface area (Å²) in [7, 11) is 1.85. The molecule has 108 valence electrons. The lowest BCUT2D eigenvalue weighted by Gasteiger charge is -2.13. The predicted molar refractivity (Wildman–Crippen MR) is 79.3 cm³/mol. The number of fused-ring (bicyclic) bond motifs is 1. The number of rotatable bonds is 5. The van der Waals surface area contributed by atoms with Crippen molar-refractivity contribution in [2.24, 2.45) is 18.7 Å². The van der Waals surface area contributed by atoms with Crippen LogP contribution in [0.2, 0.25) is 0 Å². The van der Waals surface area contributed by atoms with Crippen LogP contribution in [0.25, 0.3) is 11.0 Å². The van der Waals surface area contributed by atoms with Crippen molar-refractivity contribution >= 4 is 22.6 Å². The number of carbonyl (C=O) groups excluding carboxylic acids is 1. The number of amides is 1. The predicted octanol–water partition coefficient (Wildman–Crippen LogP) is 1.59. The molecule has 1 unspecified atom stereocenters. The Kier molecular flexibility index (Phi) is 4.34. The van der Waals surface area contributed by atoms with E-state index in [9.17, 15) is 4.79 Å². The third-order valence-electron chi connectivity index (χ3n) is 3.42. The highest BCUT2D eigenvalue weighted by Gasteiger charge is 2.16. The first-order chi connectivity index (χ1) is 9.56. The summed E-state index contributed by atoms with van der Waals surface area (Å²) < 4.78 is 1.73. The van der Waals surface area contributed by atoms with E-state index in [1.54, 1.807) is 10.9 Å². The molecule has 0 aromatic carbocycles. The highest BCUT2D eigenvalue weighted by atomic mass is 16.1. The average molecular weight is 275 g/mol. The van der Waals surface area contributed by atoms with Gasteiger partial charge in [0, 0.05) is 19.0 Å².